The van der Waals surface area contributed by atoms with Gasteiger partial charge < -0.3 is 14.2 Å². The van der Waals surface area contributed by atoms with Crippen LogP contribution in [-0.2, 0) is 14.2 Å². The molecule has 0 aromatic heterocycles. The van der Waals surface area contributed by atoms with Crippen molar-refractivity contribution in [2.45, 2.75) is 65.0 Å². The lowest BCUT2D eigenvalue weighted by molar-refractivity contribution is -0.176. The van der Waals surface area contributed by atoms with Crippen molar-refractivity contribution in [2.24, 2.45) is 5.92 Å². The van der Waals surface area contributed by atoms with Crippen LogP contribution >= 0.6 is 0 Å². The molecule has 1 rings (SSSR count). The normalized spacial score (nSPS) is 30.0. The van der Waals surface area contributed by atoms with Gasteiger partial charge in [0.05, 0.1) is 12.2 Å². The first-order valence-corrected chi connectivity index (χ1v) is 6.20. The van der Waals surface area contributed by atoms with E-state index in [0.29, 0.717) is 12.5 Å². The minimum atomic E-state index is -0.472. The van der Waals surface area contributed by atoms with Crippen molar-refractivity contribution in [3.8, 4) is 0 Å². The van der Waals surface area contributed by atoms with E-state index in [1.54, 1.807) is 7.11 Å². The molecule has 0 radical (unpaired) electrons. The summed E-state index contributed by atoms with van der Waals surface area (Å²) in [5.41, 5.74) is -0.247. The Balaban J connectivity index is 2.66. The highest BCUT2D eigenvalue weighted by molar-refractivity contribution is 4.90. The molecule has 16 heavy (non-hydrogen) atoms. The van der Waals surface area contributed by atoms with E-state index in [4.69, 9.17) is 14.2 Å². The van der Waals surface area contributed by atoms with Crippen LogP contribution in [0.3, 0.4) is 0 Å². The zero-order chi connectivity index (χ0) is 12.4. The average Bonchev–Trinajstić information content (AvgIpc) is 2.59. The monoisotopic (exact) mass is 230 g/mol. The summed E-state index contributed by atoms with van der Waals surface area (Å²) in [7, 11) is 1.76. The predicted octanol–water partition coefficient (Wildman–Crippen LogP) is 2.98. The van der Waals surface area contributed by atoms with Gasteiger partial charge in [0.1, 0.15) is 6.10 Å². The lowest BCUT2D eigenvalue weighted by Crippen LogP contribution is -2.45. The van der Waals surface area contributed by atoms with Crippen molar-refractivity contribution in [2.75, 3.05) is 13.7 Å². The quantitative estimate of drug-likeness (QED) is 0.726. The SMILES string of the molecule is CC[C@H](C)C[C@@](C)(OC)[C@H]1COC(C)(C)O1. The molecule has 1 fully saturated rings. The van der Waals surface area contributed by atoms with Gasteiger partial charge in [0, 0.05) is 7.11 Å². The Morgan fingerprint density at radius 2 is 2.12 bits per heavy atom. The number of methoxy groups -OCH3 is 1. The molecule has 0 bridgehead atoms. The summed E-state index contributed by atoms with van der Waals surface area (Å²) in [5, 5.41) is 0. The number of hydrogen-bond donors (Lipinski definition) is 0. The summed E-state index contributed by atoms with van der Waals surface area (Å²) in [4.78, 5) is 0. The Bertz CT molecular complexity index is 227. The molecule has 0 aromatic carbocycles. The third-order valence-electron chi connectivity index (χ3n) is 3.61. The van der Waals surface area contributed by atoms with Gasteiger partial charge in [-0.15, -0.1) is 0 Å². The van der Waals surface area contributed by atoms with Gasteiger partial charge in [0.15, 0.2) is 5.79 Å². The molecule has 0 amide bonds. The highest BCUT2D eigenvalue weighted by Crippen LogP contribution is 2.35. The standard InChI is InChI=1S/C13H26O3/c1-7-10(2)8-13(5,14-6)11-9-15-12(3,4)16-11/h10-11H,7-9H2,1-6H3/t10-,11+,13+/m0/s1. The Labute approximate surface area is 99.5 Å². The van der Waals surface area contributed by atoms with E-state index in [1.807, 2.05) is 13.8 Å². The summed E-state index contributed by atoms with van der Waals surface area (Å²) in [6.07, 6.45) is 2.20. The van der Waals surface area contributed by atoms with Gasteiger partial charge >= 0.3 is 0 Å². The highest BCUT2D eigenvalue weighted by atomic mass is 16.7. The molecule has 3 atom stereocenters. The third kappa shape index (κ3) is 3.19. The van der Waals surface area contributed by atoms with Crippen molar-refractivity contribution in [3.05, 3.63) is 0 Å². The molecule has 3 nitrogen and oxygen atoms in total. The molecule has 96 valence electrons. The minimum absolute atomic E-state index is 0.0292. The smallest absolute Gasteiger partial charge is 0.163 e. The molecule has 0 saturated carbocycles. The second-order valence-corrected chi connectivity index (χ2v) is 5.55. The summed E-state index contributed by atoms with van der Waals surface area (Å²) < 4.78 is 17.2. The van der Waals surface area contributed by atoms with Crippen LogP contribution in [0.5, 0.6) is 0 Å². The van der Waals surface area contributed by atoms with Crippen molar-refractivity contribution in [1.82, 2.24) is 0 Å². The molecule has 1 aliphatic heterocycles. The summed E-state index contributed by atoms with van der Waals surface area (Å²) in [5.74, 6) is 0.164. The fourth-order valence-corrected chi connectivity index (χ4v) is 2.17. The van der Waals surface area contributed by atoms with Crippen LogP contribution in [0.25, 0.3) is 0 Å². The van der Waals surface area contributed by atoms with Crippen LogP contribution in [0.15, 0.2) is 0 Å². The summed E-state index contributed by atoms with van der Waals surface area (Å²) in [6, 6.07) is 0. The Morgan fingerprint density at radius 3 is 2.50 bits per heavy atom. The molecular weight excluding hydrogens is 204 g/mol. The summed E-state index contributed by atoms with van der Waals surface area (Å²) >= 11 is 0. The largest absolute Gasteiger partial charge is 0.376 e. The molecule has 0 unspecified atom stereocenters. The van der Waals surface area contributed by atoms with Crippen LogP contribution < -0.4 is 0 Å². The van der Waals surface area contributed by atoms with Gasteiger partial charge in [-0.2, -0.15) is 0 Å². The Morgan fingerprint density at radius 1 is 1.50 bits per heavy atom. The van der Waals surface area contributed by atoms with Gasteiger partial charge in [-0.25, -0.2) is 0 Å². The maximum absolute atomic E-state index is 5.90. The first-order valence-electron chi connectivity index (χ1n) is 6.20. The van der Waals surface area contributed by atoms with Crippen LogP contribution in [0, 0.1) is 5.92 Å². The van der Waals surface area contributed by atoms with Crippen LogP contribution in [0.4, 0.5) is 0 Å². The highest BCUT2D eigenvalue weighted by Gasteiger charge is 2.44. The number of hydrogen-bond acceptors (Lipinski definition) is 3. The van der Waals surface area contributed by atoms with Crippen LogP contribution in [-0.4, -0.2) is 31.2 Å². The minimum Gasteiger partial charge on any atom is -0.376 e. The number of rotatable bonds is 5. The zero-order valence-corrected chi connectivity index (χ0v) is 11.5. The predicted molar refractivity (Wildman–Crippen MR) is 64.4 cm³/mol. The molecule has 0 aliphatic carbocycles. The van der Waals surface area contributed by atoms with E-state index in [1.165, 1.54) is 0 Å². The van der Waals surface area contributed by atoms with Crippen molar-refractivity contribution in [3.63, 3.8) is 0 Å². The molecule has 1 aliphatic rings. The first kappa shape index (κ1) is 13.9. The number of ether oxygens (including phenoxy) is 3. The average molecular weight is 230 g/mol. The maximum atomic E-state index is 5.90. The molecule has 0 N–H and O–H groups in total. The Kier molecular flexibility index (Phi) is 4.38. The van der Waals surface area contributed by atoms with E-state index in [2.05, 4.69) is 20.8 Å². The van der Waals surface area contributed by atoms with Crippen molar-refractivity contribution in [1.29, 1.82) is 0 Å². The van der Waals surface area contributed by atoms with Gasteiger partial charge in [-0.1, -0.05) is 20.3 Å². The second kappa shape index (κ2) is 5.03. The van der Waals surface area contributed by atoms with Crippen molar-refractivity contribution < 1.29 is 14.2 Å². The van der Waals surface area contributed by atoms with E-state index in [9.17, 15) is 0 Å². The molecule has 0 aromatic rings. The molecule has 1 heterocycles. The van der Waals surface area contributed by atoms with E-state index < -0.39 is 5.79 Å². The van der Waals surface area contributed by atoms with Gasteiger partial charge in [-0.05, 0) is 33.1 Å². The Hall–Kier alpha value is -0.120. The van der Waals surface area contributed by atoms with Gasteiger partial charge in [0.2, 0.25) is 0 Å². The van der Waals surface area contributed by atoms with Crippen LogP contribution in [0.1, 0.15) is 47.5 Å². The van der Waals surface area contributed by atoms with Gasteiger partial charge in [0.25, 0.3) is 0 Å². The fraction of sp³-hybridized carbons (Fsp3) is 1.00. The third-order valence-corrected chi connectivity index (χ3v) is 3.61. The first-order chi connectivity index (χ1) is 7.33. The van der Waals surface area contributed by atoms with E-state index in [0.717, 1.165) is 12.8 Å². The second-order valence-electron chi connectivity index (χ2n) is 5.55. The van der Waals surface area contributed by atoms with Crippen molar-refractivity contribution >= 4 is 0 Å². The molecular formula is C13H26O3. The van der Waals surface area contributed by atoms with Gasteiger partial charge in [-0.3, -0.25) is 0 Å². The molecule has 1 saturated heterocycles. The lowest BCUT2D eigenvalue weighted by atomic mass is 9.87. The zero-order valence-electron chi connectivity index (χ0n) is 11.5. The topological polar surface area (TPSA) is 27.7 Å². The fourth-order valence-electron chi connectivity index (χ4n) is 2.17. The van der Waals surface area contributed by atoms with Crippen LogP contribution in [0.2, 0.25) is 0 Å². The van der Waals surface area contributed by atoms with E-state index in [-0.39, 0.29) is 11.7 Å². The van der Waals surface area contributed by atoms with E-state index >= 15 is 0 Å². The summed E-state index contributed by atoms with van der Waals surface area (Å²) in [6.45, 7) is 11.1. The lowest BCUT2D eigenvalue weighted by Gasteiger charge is -2.35. The molecule has 3 heteroatoms. The molecule has 0 spiro atoms. The maximum Gasteiger partial charge on any atom is 0.163 e.